The van der Waals surface area contributed by atoms with Crippen molar-refractivity contribution in [2.45, 2.75) is 406 Å². The fraction of sp³-hybridized carbons (Fsp3) is 0.769. The number of rotatable bonds is 27. The third-order valence-electron chi connectivity index (χ3n) is 21.3. The van der Waals surface area contributed by atoms with Gasteiger partial charge in [0.1, 0.15) is 0 Å². The van der Waals surface area contributed by atoms with Gasteiger partial charge in [0, 0.05) is 0 Å². The lowest BCUT2D eigenvalue weighted by molar-refractivity contribution is 0.684. The summed E-state index contributed by atoms with van der Waals surface area (Å²) >= 11 is 0. The molecule has 11 heteroatoms. The molecule has 4 rings (SSSR count). The summed E-state index contributed by atoms with van der Waals surface area (Å²) in [5, 5.41) is 8.51. The summed E-state index contributed by atoms with van der Waals surface area (Å²) in [7, 11) is 1.62. The Morgan fingerprint density at radius 1 is 0.226 bits per heavy atom. The first-order valence-electron chi connectivity index (χ1n) is 45.4. The molecule has 0 aliphatic rings. The molecule has 0 saturated heterocycles. The minimum absolute atomic E-state index is 0.0543. The quantitative estimate of drug-likeness (QED) is 0.0522. The first kappa shape index (κ1) is 123. The van der Waals surface area contributed by atoms with Crippen LogP contribution in [0.5, 0.6) is 0 Å². The van der Waals surface area contributed by atoms with Crippen LogP contribution >= 0.6 is 87.1 Å². The smallest absolute Gasteiger partial charge is 0.00654 e. The normalized spacial score (nSPS) is 14.3. The van der Waals surface area contributed by atoms with Gasteiger partial charge in [0.2, 0.25) is 0 Å². The molecule has 0 fully saturated rings. The van der Waals surface area contributed by atoms with Crippen molar-refractivity contribution >= 4 is 97.7 Å². The number of hydrogen-bond acceptors (Lipinski definition) is 0. The molecule has 0 aliphatic carbocycles. The zero-order chi connectivity index (χ0) is 90.9. The van der Waals surface area contributed by atoms with E-state index in [0.29, 0.717) is 59.5 Å². The molecule has 0 nitrogen and oxygen atoms in total. The van der Waals surface area contributed by atoms with E-state index in [1.807, 2.05) is 0 Å². The summed E-state index contributed by atoms with van der Waals surface area (Å²) in [6.07, 6.45) is 22.7. The second kappa shape index (κ2) is 58.9. The minimum atomic E-state index is -0.292. The third kappa shape index (κ3) is 59.3. The third-order valence-corrected chi connectivity index (χ3v) is 60.0. The van der Waals surface area contributed by atoms with Crippen molar-refractivity contribution in [1.29, 1.82) is 0 Å². The van der Waals surface area contributed by atoms with Crippen LogP contribution in [-0.2, 0) is 12.3 Å². The van der Waals surface area contributed by atoms with Crippen molar-refractivity contribution in [3.05, 3.63) is 132 Å². The van der Waals surface area contributed by atoms with Gasteiger partial charge in [-0.3, -0.25) is 0 Å². The predicted octanol–water partition coefficient (Wildman–Crippen LogP) is 37.5. The molecule has 4 unspecified atom stereocenters. The van der Waals surface area contributed by atoms with Crippen LogP contribution in [0.25, 0.3) is 0 Å². The zero-order valence-corrected chi connectivity index (χ0v) is 96.4. The van der Waals surface area contributed by atoms with Crippen LogP contribution in [-0.4, -0.2) is 168 Å². The van der Waals surface area contributed by atoms with Gasteiger partial charge in [0.15, 0.2) is 0 Å². The maximum absolute atomic E-state index is 2.50. The van der Waals surface area contributed by atoms with Crippen LogP contribution in [0.1, 0.15) is 337 Å². The largest absolute Gasteiger partial charge is 0.108 e. The first-order chi connectivity index (χ1) is 52.0. The van der Waals surface area contributed by atoms with Crippen molar-refractivity contribution in [2.75, 3.05) is 99.6 Å². The highest BCUT2D eigenvalue weighted by molar-refractivity contribution is 7.74. The molecule has 4 atom stereocenters. The van der Waals surface area contributed by atoms with E-state index in [1.54, 1.807) is 0 Å². The molecule has 0 radical (unpaired) electrons. The van der Waals surface area contributed by atoms with Crippen molar-refractivity contribution in [2.24, 2.45) is 11.8 Å². The fourth-order valence-corrected chi connectivity index (χ4v) is 44.3. The topological polar surface area (TPSA) is 0 Å². The Hall–Kier alpha value is 1.61. The molecule has 0 heterocycles. The van der Waals surface area contributed by atoms with E-state index in [0.717, 1.165) is 23.2 Å². The summed E-state index contributed by atoms with van der Waals surface area (Å²) < 4.78 is 0. The Labute approximate surface area is 741 Å². The molecule has 115 heavy (non-hydrogen) atoms. The van der Waals surface area contributed by atoms with Gasteiger partial charge in [-0.15, -0.1) is 63.4 Å². The van der Waals surface area contributed by atoms with Crippen LogP contribution in [0, 0.1) is 11.8 Å². The molecular formula is C104H203P11. The minimum Gasteiger partial charge on any atom is -0.108 e. The van der Waals surface area contributed by atoms with Gasteiger partial charge < -0.3 is 0 Å². The molecule has 0 saturated carbocycles. The van der Waals surface area contributed by atoms with E-state index in [1.165, 1.54) is 120 Å². The molecule has 0 N–H and O–H groups in total. The maximum atomic E-state index is 2.50. The van der Waals surface area contributed by atoms with Crippen molar-refractivity contribution in [1.82, 2.24) is 0 Å². The Morgan fingerprint density at radius 2 is 0.426 bits per heavy atom. The van der Waals surface area contributed by atoms with E-state index >= 15 is 0 Å². The van der Waals surface area contributed by atoms with E-state index in [2.05, 4.69) is 460 Å². The van der Waals surface area contributed by atoms with Crippen LogP contribution < -0.4 is 10.6 Å². The standard InChI is InChI=1S/C20H45P3.C18H23P.C16H19P.C14H32P2.C12H27P.C10H23P.C8H19P.C6H15P/c1-12-21(18(3,4)5)14-16-23(20(9,10)11)17-15-22(13-2)19(6,7)8;1-18(2,3)19(14-16-10-6-4-7-11-16)15-17-12-8-5-9-13-17;1-16(2,3)17(14-10-6-4-7-11-14)15-12-8-5-9-13-15;1-9-15(13(3,4)5)11-12-16(10-2)14(6,7)8;1-10(2)8-13(9-11(3)4)12(5,6)7;1-8(2)11(9(3)4)10(5,6)7;1-6-9(7-2)8(3,4)5;1-6(2,3)7(4)5/h12-17H2,1-11H3;4-13H,14-15H2,1-3H3;4-13H,1-3H3;9-12H2,1-8H3;10-11H,8-9H2,1-7H3;8-9H,1-7H3;6-7H2,1-5H3;1-5H3. The van der Waals surface area contributed by atoms with Crippen LogP contribution in [0.2, 0.25) is 0 Å². The van der Waals surface area contributed by atoms with Crippen LogP contribution in [0.15, 0.2) is 121 Å². The van der Waals surface area contributed by atoms with Gasteiger partial charge in [-0.25, -0.2) is 0 Å². The van der Waals surface area contributed by atoms with E-state index in [-0.39, 0.29) is 84.4 Å². The fourth-order valence-electron chi connectivity index (χ4n) is 14.4. The molecule has 0 aliphatic heterocycles. The summed E-state index contributed by atoms with van der Waals surface area (Å²) in [5.41, 5.74) is 4.67. The summed E-state index contributed by atoms with van der Waals surface area (Å²) in [5.74, 6) is 1.73. The average Bonchev–Trinajstić information content (AvgIpc) is 0.810. The Bertz CT molecular complexity index is 2770. The van der Waals surface area contributed by atoms with Crippen molar-refractivity contribution in [3.63, 3.8) is 0 Å². The summed E-state index contributed by atoms with van der Waals surface area (Å²) in [4.78, 5) is 0. The molecule has 4 aromatic rings. The molecule has 4 aromatic carbocycles. The molecule has 0 spiro atoms. The number of benzene rings is 4. The highest BCUT2D eigenvalue weighted by Gasteiger charge is 2.34. The van der Waals surface area contributed by atoms with Gasteiger partial charge in [-0.2, -0.15) is 0 Å². The lowest BCUT2D eigenvalue weighted by Crippen LogP contribution is -2.26. The Kier molecular flexibility index (Phi) is 62.9. The van der Waals surface area contributed by atoms with Gasteiger partial charge >= 0.3 is 0 Å². The van der Waals surface area contributed by atoms with E-state index < -0.39 is 0 Å². The molecule has 674 valence electrons. The highest BCUT2D eigenvalue weighted by atomic mass is 31.1. The Balaban J connectivity index is -0.000000626. The SMILES string of the molecule is CC(C)(C)P(Cc1ccccc1)Cc1ccccc1.CC(C)(C)P(c1ccccc1)c1ccccc1.CC(C)CP(CC(C)C)C(C)(C)C.CC(C)P(C(C)C)C(C)(C)C.CCP(CC)C(C)(C)C.CCP(CCP(CC)C(C)(C)C)C(C)(C)C.CCP(CCP(CCP(CC)C(C)(C)C)C(C)(C)C)C(C)(C)C.CP(C)C(C)(C)C. The van der Waals surface area contributed by atoms with Crippen molar-refractivity contribution in [3.8, 4) is 0 Å². The van der Waals surface area contributed by atoms with Crippen molar-refractivity contribution < 1.29 is 0 Å². The second-order valence-corrected chi connectivity index (χ2v) is 82.0. The lowest BCUT2D eigenvalue weighted by Gasteiger charge is -2.38. The van der Waals surface area contributed by atoms with Crippen LogP contribution in [0.4, 0.5) is 0 Å². The van der Waals surface area contributed by atoms with E-state index in [9.17, 15) is 0 Å². The predicted molar refractivity (Wildman–Crippen MR) is 580 cm³/mol. The zero-order valence-electron chi connectivity index (χ0n) is 86.6. The first-order valence-corrected chi connectivity index (χ1v) is 64.2. The van der Waals surface area contributed by atoms with Gasteiger partial charge in [-0.05, 0) is 221 Å². The lowest BCUT2D eigenvalue weighted by atomic mass is 10.2. The van der Waals surface area contributed by atoms with E-state index in [4.69, 9.17) is 0 Å². The molecule has 0 bridgehead atoms. The molecular weight excluding hydrogens is 1590 g/mol. The van der Waals surface area contributed by atoms with Gasteiger partial charge in [0.25, 0.3) is 0 Å². The van der Waals surface area contributed by atoms with Crippen LogP contribution in [0.3, 0.4) is 0 Å². The second-order valence-electron chi connectivity index (χ2n) is 44.4. The average molecular weight is 1790 g/mol. The number of hydrogen-bond donors (Lipinski definition) is 0. The van der Waals surface area contributed by atoms with Gasteiger partial charge in [-0.1, -0.05) is 463 Å². The maximum Gasteiger partial charge on any atom is -0.00654 e. The Morgan fingerprint density at radius 3 is 0.565 bits per heavy atom. The molecule has 0 aromatic heterocycles. The molecule has 0 amide bonds. The summed E-state index contributed by atoms with van der Waals surface area (Å²) in [6.45, 7) is 117. The van der Waals surface area contributed by atoms with Gasteiger partial charge in [0.05, 0.1) is 0 Å². The highest BCUT2D eigenvalue weighted by Crippen LogP contribution is 2.61. The monoisotopic (exact) mass is 1790 g/mol. The summed E-state index contributed by atoms with van der Waals surface area (Å²) in [6, 6.07) is 43.6.